The second kappa shape index (κ2) is 8.25. The zero-order chi connectivity index (χ0) is 18.5. The molecule has 0 saturated heterocycles. The third kappa shape index (κ3) is 4.56. The molecule has 2 amide bonds. The van der Waals surface area contributed by atoms with Crippen molar-refractivity contribution in [3.63, 3.8) is 0 Å². The van der Waals surface area contributed by atoms with Crippen LogP contribution < -0.4 is 10.6 Å². The summed E-state index contributed by atoms with van der Waals surface area (Å²) < 4.78 is 0.990. The maximum atomic E-state index is 12.2. The number of carbonyl (C=O) groups excluding carboxylic acids is 2. The monoisotopic (exact) mass is 429 g/mol. The van der Waals surface area contributed by atoms with E-state index in [9.17, 15) is 9.59 Å². The van der Waals surface area contributed by atoms with Crippen LogP contribution in [0.4, 0.5) is 5.69 Å². The number of halogens is 1. The number of benzene rings is 2. The van der Waals surface area contributed by atoms with Crippen molar-refractivity contribution in [3.8, 4) is 10.6 Å². The molecule has 2 aromatic carbocycles. The quantitative estimate of drug-likeness (QED) is 0.640. The Balaban J connectivity index is 1.63. The summed E-state index contributed by atoms with van der Waals surface area (Å²) in [5.74, 6) is -0.311. The fourth-order valence-electron chi connectivity index (χ4n) is 2.36. The van der Waals surface area contributed by atoms with Crippen LogP contribution in [0.1, 0.15) is 16.1 Å². The SMILES string of the molecule is CNC(=O)c1ccc(NC(=O)Cc2csc(-c3cccc(Br)c3)n2)cc1. The maximum absolute atomic E-state index is 12.2. The Kier molecular flexibility index (Phi) is 5.80. The lowest BCUT2D eigenvalue weighted by Gasteiger charge is -2.05. The number of nitrogens with zero attached hydrogens (tertiary/aromatic N) is 1. The van der Waals surface area contributed by atoms with Crippen molar-refractivity contribution in [1.29, 1.82) is 0 Å². The molecular weight excluding hydrogens is 414 g/mol. The predicted molar refractivity (Wildman–Crippen MR) is 107 cm³/mol. The van der Waals surface area contributed by atoms with Crippen LogP contribution in [-0.4, -0.2) is 23.8 Å². The minimum absolute atomic E-state index is 0.149. The first-order chi connectivity index (χ1) is 12.5. The zero-order valence-corrected chi connectivity index (χ0v) is 16.4. The summed E-state index contributed by atoms with van der Waals surface area (Å²) in [5, 5.41) is 8.15. The molecule has 0 unspecified atom stereocenters. The number of carbonyl (C=O) groups is 2. The molecule has 0 aliphatic heterocycles. The van der Waals surface area contributed by atoms with E-state index < -0.39 is 0 Å². The Morgan fingerprint density at radius 2 is 1.92 bits per heavy atom. The highest BCUT2D eigenvalue weighted by molar-refractivity contribution is 9.10. The standard InChI is InChI=1S/C19H16BrN3O2S/c1-21-18(25)12-5-7-15(8-6-12)22-17(24)10-16-11-26-19(23-16)13-3-2-4-14(20)9-13/h2-9,11H,10H2,1H3,(H,21,25)(H,22,24). The van der Waals surface area contributed by atoms with Gasteiger partial charge in [-0.2, -0.15) is 0 Å². The summed E-state index contributed by atoms with van der Waals surface area (Å²) in [5.41, 5.74) is 2.93. The average Bonchev–Trinajstić information content (AvgIpc) is 3.10. The van der Waals surface area contributed by atoms with Gasteiger partial charge in [0.2, 0.25) is 5.91 Å². The van der Waals surface area contributed by atoms with Gasteiger partial charge in [-0.3, -0.25) is 9.59 Å². The molecule has 0 aliphatic rings. The highest BCUT2D eigenvalue weighted by Gasteiger charge is 2.10. The summed E-state index contributed by atoms with van der Waals surface area (Å²) in [4.78, 5) is 28.3. The van der Waals surface area contributed by atoms with E-state index in [1.807, 2.05) is 29.6 Å². The van der Waals surface area contributed by atoms with Crippen molar-refractivity contribution in [2.75, 3.05) is 12.4 Å². The van der Waals surface area contributed by atoms with Gasteiger partial charge in [0.15, 0.2) is 0 Å². The first-order valence-electron chi connectivity index (χ1n) is 7.87. The van der Waals surface area contributed by atoms with E-state index in [-0.39, 0.29) is 18.2 Å². The Morgan fingerprint density at radius 3 is 2.62 bits per heavy atom. The molecule has 1 heterocycles. The van der Waals surface area contributed by atoms with Gasteiger partial charge in [0, 0.05) is 33.7 Å². The van der Waals surface area contributed by atoms with Crippen molar-refractivity contribution in [3.05, 3.63) is 69.6 Å². The molecule has 0 aliphatic carbocycles. The third-order valence-electron chi connectivity index (χ3n) is 3.62. The van der Waals surface area contributed by atoms with Gasteiger partial charge in [-0.1, -0.05) is 28.1 Å². The molecule has 0 fully saturated rings. The van der Waals surface area contributed by atoms with Gasteiger partial charge in [0.1, 0.15) is 5.01 Å². The van der Waals surface area contributed by atoms with Gasteiger partial charge in [0.25, 0.3) is 5.91 Å². The third-order valence-corrected chi connectivity index (χ3v) is 5.06. The summed E-state index contributed by atoms with van der Waals surface area (Å²) in [6, 6.07) is 14.6. The zero-order valence-electron chi connectivity index (χ0n) is 14.0. The van der Waals surface area contributed by atoms with Gasteiger partial charge in [0.05, 0.1) is 12.1 Å². The fourth-order valence-corrected chi connectivity index (χ4v) is 3.58. The molecule has 132 valence electrons. The van der Waals surface area contributed by atoms with Crippen molar-refractivity contribution < 1.29 is 9.59 Å². The van der Waals surface area contributed by atoms with Crippen LogP contribution in [0.15, 0.2) is 58.4 Å². The molecule has 0 saturated carbocycles. The molecule has 0 bridgehead atoms. The van der Waals surface area contributed by atoms with Crippen LogP contribution in [0.25, 0.3) is 10.6 Å². The van der Waals surface area contributed by atoms with E-state index in [0.29, 0.717) is 11.3 Å². The first-order valence-corrected chi connectivity index (χ1v) is 9.55. The summed E-state index contributed by atoms with van der Waals surface area (Å²) in [6.45, 7) is 0. The molecule has 7 heteroatoms. The number of hydrogen-bond acceptors (Lipinski definition) is 4. The van der Waals surface area contributed by atoms with Crippen molar-refractivity contribution >= 4 is 44.8 Å². The highest BCUT2D eigenvalue weighted by Crippen LogP contribution is 2.26. The minimum atomic E-state index is -0.162. The van der Waals surface area contributed by atoms with Crippen LogP contribution in [0.5, 0.6) is 0 Å². The van der Waals surface area contributed by atoms with Crippen LogP contribution in [0.2, 0.25) is 0 Å². The molecule has 3 rings (SSSR count). The Bertz CT molecular complexity index is 938. The molecule has 3 aromatic rings. The van der Waals surface area contributed by atoms with Crippen LogP contribution in [-0.2, 0) is 11.2 Å². The smallest absolute Gasteiger partial charge is 0.251 e. The molecule has 0 radical (unpaired) electrons. The van der Waals surface area contributed by atoms with E-state index in [4.69, 9.17) is 0 Å². The van der Waals surface area contributed by atoms with Gasteiger partial charge in [-0.15, -0.1) is 11.3 Å². The molecule has 0 atom stereocenters. The second-order valence-corrected chi connectivity index (χ2v) is 7.31. The van der Waals surface area contributed by atoms with E-state index in [0.717, 1.165) is 20.7 Å². The molecular formula is C19H16BrN3O2S. The number of rotatable bonds is 5. The largest absolute Gasteiger partial charge is 0.355 e. The maximum Gasteiger partial charge on any atom is 0.251 e. The van der Waals surface area contributed by atoms with E-state index in [2.05, 4.69) is 31.5 Å². The number of hydrogen-bond donors (Lipinski definition) is 2. The van der Waals surface area contributed by atoms with Gasteiger partial charge in [-0.05, 0) is 36.4 Å². The van der Waals surface area contributed by atoms with Crippen LogP contribution in [0, 0.1) is 0 Å². The lowest BCUT2D eigenvalue weighted by molar-refractivity contribution is -0.115. The van der Waals surface area contributed by atoms with Crippen molar-refractivity contribution in [1.82, 2.24) is 10.3 Å². The van der Waals surface area contributed by atoms with Crippen LogP contribution in [0.3, 0.4) is 0 Å². The lowest BCUT2D eigenvalue weighted by atomic mass is 10.2. The lowest BCUT2D eigenvalue weighted by Crippen LogP contribution is -2.18. The van der Waals surface area contributed by atoms with E-state index in [1.54, 1.807) is 31.3 Å². The molecule has 1 aromatic heterocycles. The van der Waals surface area contributed by atoms with Crippen LogP contribution >= 0.6 is 27.3 Å². The summed E-state index contributed by atoms with van der Waals surface area (Å²) in [6.07, 6.45) is 0.196. The number of anilines is 1. The van der Waals surface area contributed by atoms with Gasteiger partial charge < -0.3 is 10.6 Å². The first kappa shape index (κ1) is 18.3. The van der Waals surface area contributed by atoms with Gasteiger partial charge >= 0.3 is 0 Å². The number of aromatic nitrogens is 1. The molecule has 5 nitrogen and oxygen atoms in total. The Hall–Kier alpha value is -2.51. The topological polar surface area (TPSA) is 71.1 Å². The van der Waals surface area contributed by atoms with Crippen molar-refractivity contribution in [2.24, 2.45) is 0 Å². The predicted octanol–water partition coefficient (Wildman–Crippen LogP) is 4.11. The summed E-state index contributed by atoms with van der Waals surface area (Å²) >= 11 is 4.96. The summed E-state index contributed by atoms with van der Waals surface area (Å²) in [7, 11) is 1.58. The average molecular weight is 430 g/mol. The Morgan fingerprint density at radius 1 is 1.15 bits per heavy atom. The number of thiazole rings is 1. The highest BCUT2D eigenvalue weighted by atomic mass is 79.9. The number of nitrogens with one attached hydrogen (secondary N) is 2. The second-order valence-electron chi connectivity index (χ2n) is 5.54. The Labute approximate surface area is 163 Å². The normalized spacial score (nSPS) is 10.4. The van der Waals surface area contributed by atoms with E-state index in [1.165, 1.54) is 11.3 Å². The molecule has 0 spiro atoms. The van der Waals surface area contributed by atoms with E-state index >= 15 is 0 Å². The molecule has 26 heavy (non-hydrogen) atoms. The number of amides is 2. The minimum Gasteiger partial charge on any atom is -0.355 e. The fraction of sp³-hybridized carbons (Fsp3) is 0.105. The molecule has 2 N–H and O–H groups in total. The van der Waals surface area contributed by atoms with Crippen molar-refractivity contribution in [2.45, 2.75) is 6.42 Å². The van der Waals surface area contributed by atoms with Gasteiger partial charge in [-0.25, -0.2) is 4.98 Å².